The van der Waals surface area contributed by atoms with Gasteiger partial charge in [-0.2, -0.15) is 0 Å². The zero-order chi connectivity index (χ0) is 11.4. The fraction of sp³-hybridized carbons (Fsp3) is 0.571. The minimum atomic E-state index is -1.38. The summed E-state index contributed by atoms with van der Waals surface area (Å²) in [5.74, 6) is 0. The third-order valence-electron chi connectivity index (χ3n) is 3.92. The van der Waals surface area contributed by atoms with Crippen LogP contribution in [0.1, 0.15) is 32.1 Å². The van der Waals surface area contributed by atoms with Gasteiger partial charge in [-0.15, -0.1) is 0 Å². The molecule has 1 aromatic carbocycles. The van der Waals surface area contributed by atoms with Gasteiger partial charge in [0.2, 0.25) is 0 Å². The van der Waals surface area contributed by atoms with E-state index < -0.39 is 7.49 Å². The first-order chi connectivity index (χ1) is 7.77. The fourth-order valence-corrected chi connectivity index (χ4v) is 5.81. The zero-order valence-electron chi connectivity index (χ0n) is 10.4. The first-order valence-electron chi connectivity index (χ1n) is 6.25. The summed E-state index contributed by atoms with van der Waals surface area (Å²) in [7, 11) is 0.520. The standard InChI is InChI=1S/C14H22OP/c1-15-16(2,13-9-5-3-6-10-13)14-11-7-4-8-12-14/h3,5-6,9-10,14H,4,7-8,11-12H2,1-2H3/q+1. The average Bonchev–Trinajstić information content (AvgIpc) is 2.40. The van der Waals surface area contributed by atoms with Gasteiger partial charge in [0.05, 0.1) is 13.8 Å². The Kier molecular flexibility index (Phi) is 4.00. The Balaban J connectivity index is 2.24. The molecule has 0 saturated heterocycles. The smallest absolute Gasteiger partial charge is 0.177 e. The minimum absolute atomic E-state index is 0.786. The van der Waals surface area contributed by atoms with Crippen LogP contribution in [0.4, 0.5) is 0 Å². The van der Waals surface area contributed by atoms with Gasteiger partial charge >= 0.3 is 0 Å². The predicted molar refractivity (Wildman–Crippen MR) is 72.8 cm³/mol. The minimum Gasteiger partial charge on any atom is -0.236 e. The molecule has 1 aromatic rings. The highest BCUT2D eigenvalue weighted by Crippen LogP contribution is 2.62. The van der Waals surface area contributed by atoms with Gasteiger partial charge in [-0.3, -0.25) is 0 Å². The second-order valence-corrected chi connectivity index (χ2v) is 8.39. The van der Waals surface area contributed by atoms with E-state index in [2.05, 4.69) is 37.0 Å². The van der Waals surface area contributed by atoms with Gasteiger partial charge in [-0.1, -0.05) is 24.6 Å². The Morgan fingerprint density at radius 3 is 2.25 bits per heavy atom. The molecule has 0 radical (unpaired) electrons. The van der Waals surface area contributed by atoms with Gasteiger partial charge in [-0.05, 0) is 37.8 Å². The molecule has 2 rings (SSSR count). The second kappa shape index (κ2) is 5.29. The van der Waals surface area contributed by atoms with Crippen molar-refractivity contribution >= 4 is 12.8 Å². The molecule has 1 nitrogen and oxygen atoms in total. The Morgan fingerprint density at radius 1 is 1.06 bits per heavy atom. The molecule has 88 valence electrons. The van der Waals surface area contributed by atoms with Crippen LogP contribution in [-0.2, 0) is 4.52 Å². The number of hydrogen-bond donors (Lipinski definition) is 0. The maximum Gasteiger partial charge on any atom is 0.177 e. The quantitative estimate of drug-likeness (QED) is 0.725. The van der Waals surface area contributed by atoms with Crippen molar-refractivity contribution in [3.05, 3.63) is 30.3 Å². The topological polar surface area (TPSA) is 9.23 Å². The molecule has 0 aromatic heterocycles. The molecule has 0 aliphatic heterocycles. The van der Waals surface area contributed by atoms with E-state index in [1.807, 2.05) is 7.11 Å². The van der Waals surface area contributed by atoms with E-state index in [0.717, 1.165) is 5.66 Å². The summed E-state index contributed by atoms with van der Waals surface area (Å²) >= 11 is 0. The number of benzene rings is 1. The lowest BCUT2D eigenvalue weighted by atomic mass is 10.0. The maximum absolute atomic E-state index is 5.97. The molecule has 0 bridgehead atoms. The first-order valence-corrected chi connectivity index (χ1v) is 8.47. The normalized spacial score (nSPS) is 21.6. The molecule has 1 aliphatic rings. The van der Waals surface area contributed by atoms with Crippen LogP contribution < -0.4 is 5.30 Å². The van der Waals surface area contributed by atoms with Gasteiger partial charge in [0, 0.05) is 0 Å². The summed E-state index contributed by atoms with van der Waals surface area (Å²) in [6.45, 7) is 2.36. The first kappa shape index (κ1) is 12.1. The van der Waals surface area contributed by atoms with Gasteiger partial charge < -0.3 is 0 Å². The Morgan fingerprint density at radius 2 is 1.69 bits per heavy atom. The fourth-order valence-electron chi connectivity index (χ4n) is 2.76. The maximum atomic E-state index is 5.97. The lowest BCUT2D eigenvalue weighted by Crippen LogP contribution is -2.25. The largest absolute Gasteiger partial charge is 0.236 e. The average molecular weight is 237 g/mol. The van der Waals surface area contributed by atoms with Crippen LogP contribution >= 0.6 is 7.49 Å². The second-order valence-electron chi connectivity index (χ2n) is 4.80. The highest BCUT2D eigenvalue weighted by atomic mass is 31.2. The van der Waals surface area contributed by atoms with Crippen LogP contribution in [0.2, 0.25) is 0 Å². The lowest BCUT2D eigenvalue weighted by molar-refractivity contribution is 0.419. The van der Waals surface area contributed by atoms with E-state index in [1.165, 1.54) is 37.4 Å². The summed E-state index contributed by atoms with van der Waals surface area (Å²) in [5, 5.41) is 1.43. The van der Waals surface area contributed by atoms with Crippen LogP contribution in [-0.4, -0.2) is 19.4 Å². The molecule has 16 heavy (non-hydrogen) atoms. The third-order valence-corrected chi connectivity index (χ3v) is 7.91. The predicted octanol–water partition coefficient (Wildman–Crippen LogP) is 3.85. The number of rotatable bonds is 3. The van der Waals surface area contributed by atoms with Crippen molar-refractivity contribution in [3.63, 3.8) is 0 Å². The van der Waals surface area contributed by atoms with E-state index in [4.69, 9.17) is 4.52 Å². The molecular formula is C14H22OP+. The highest BCUT2D eigenvalue weighted by Gasteiger charge is 2.44. The van der Waals surface area contributed by atoms with Gasteiger partial charge in [0.25, 0.3) is 0 Å². The van der Waals surface area contributed by atoms with Gasteiger partial charge in [0.1, 0.15) is 11.0 Å². The van der Waals surface area contributed by atoms with Crippen molar-refractivity contribution in [2.75, 3.05) is 13.8 Å². The van der Waals surface area contributed by atoms with Crippen LogP contribution in [0, 0.1) is 0 Å². The Hall–Kier alpha value is -0.390. The third kappa shape index (κ3) is 2.31. The highest BCUT2D eigenvalue weighted by molar-refractivity contribution is 7.78. The van der Waals surface area contributed by atoms with Crippen molar-refractivity contribution in [1.29, 1.82) is 0 Å². The summed E-state index contributed by atoms with van der Waals surface area (Å²) in [6.07, 6.45) is 6.89. The van der Waals surface area contributed by atoms with Gasteiger partial charge in [0.15, 0.2) is 7.49 Å². The SMILES string of the molecule is CO[P+](C)(c1ccccc1)C1CCCCC1. The lowest BCUT2D eigenvalue weighted by Gasteiger charge is -2.31. The summed E-state index contributed by atoms with van der Waals surface area (Å²) < 4.78 is 5.97. The van der Waals surface area contributed by atoms with Crippen molar-refractivity contribution in [3.8, 4) is 0 Å². The van der Waals surface area contributed by atoms with E-state index in [1.54, 1.807) is 0 Å². The van der Waals surface area contributed by atoms with E-state index in [0.29, 0.717) is 0 Å². The van der Waals surface area contributed by atoms with E-state index in [9.17, 15) is 0 Å². The van der Waals surface area contributed by atoms with Crippen molar-refractivity contribution in [2.45, 2.75) is 37.8 Å². The molecule has 2 heteroatoms. The number of hydrogen-bond acceptors (Lipinski definition) is 1. The monoisotopic (exact) mass is 237 g/mol. The Labute approximate surface area is 99.6 Å². The van der Waals surface area contributed by atoms with Crippen molar-refractivity contribution in [2.24, 2.45) is 0 Å². The zero-order valence-corrected chi connectivity index (χ0v) is 11.2. The summed E-state index contributed by atoms with van der Waals surface area (Å²) in [4.78, 5) is 0. The van der Waals surface area contributed by atoms with Crippen LogP contribution in [0.3, 0.4) is 0 Å². The van der Waals surface area contributed by atoms with Crippen LogP contribution in [0.25, 0.3) is 0 Å². The van der Waals surface area contributed by atoms with Crippen LogP contribution in [0.15, 0.2) is 30.3 Å². The van der Waals surface area contributed by atoms with Crippen molar-refractivity contribution in [1.82, 2.24) is 0 Å². The van der Waals surface area contributed by atoms with Gasteiger partial charge in [-0.25, -0.2) is 4.52 Å². The Bertz CT molecular complexity index is 319. The summed E-state index contributed by atoms with van der Waals surface area (Å²) in [6, 6.07) is 10.8. The molecule has 0 spiro atoms. The molecule has 1 fully saturated rings. The molecule has 1 saturated carbocycles. The van der Waals surface area contributed by atoms with Crippen LogP contribution in [0.5, 0.6) is 0 Å². The van der Waals surface area contributed by atoms with E-state index >= 15 is 0 Å². The summed E-state index contributed by atoms with van der Waals surface area (Å²) in [5.41, 5.74) is 0.786. The molecule has 0 amide bonds. The molecule has 0 heterocycles. The molecule has 1 aliphatic carbocycles. The van der Waals surface area contributed by atoms with Crippen molar-refractivity contribution < 1.29 is 4.52 Å². The van der Waals surface area contributed by atoms with E-state index in [-0.39, 0.29) is 0 Å². The molecular weight excluding hydrogens is 215 g/mol. The molecule has 1 unspecified atom stereocenters. The molecule has 0 N–H and O–H groups in total. The molecule has 1 atom stereocenters.